The molecule has 3 amide bonds. The zero-order valence-corrected chi connectivity index (χ0v) is 12.5. The summed E-state index contributed by atoms with van der Waals surface area (Å²) in [4.78, 5) is 24.6. The van der Waals surface area contributed by atoms with E-state index >= 15 is 0 Å². The predicted octanol–water partition coefficient (Wildman–Crippen LogP) is 2.47. The molecule has 0 aliphatic carbocycles. The summed E-state index contributed by atoms with van der Waals surface area (Å²) in [6, 6.07) is 7.77. The maximum absolute atomic E-state index is 13.3. The Kier molecular flexibility index (Phi) is 4.93. The largest absolute Gasteiger partial charge is 0.446 e. The fourth-order valence-electron chi connectivity index (χ4n) is 2.27. The molecule has 0 radical (unpaired) electrons. The van der Waals surface area contributed by atoms with Crippen LogP contribution in [0.2, 0.25) is 0 Å². The highest BCUT2D eigenvalue weighted by atomic mass is 19.4. The molecule has 0 aromatic heterocycles. The molecule has 1 saturated heterocycles. The van der Waals surface area contributed by atoms with E-state index in [9.17, 15) is 22.8 Å². The first kappa shape index (κ1) is 17.3. The molecule has 1 heterocycles. The Labute approximate surface area is 131 Å². The third-order valence-electron chi connectivity index (χ3n) is 3.46. The van der Waals surface area contributed by atoms with Crippen LogP contribution in [0, 0.1) is 0 Å². The van der Waals surface area contributed by atoms with Gasteiger partial charge < -0.3 is 4.74 Å². The standard InChI is InChI=1S/C15H17F3N2O3/c1-2-10-23-14(15(16,17)18)12(21)20(13(22)19-14)9-8-11-6-4-3-5-7-11/h3-7H,2,8-10H2,1H3,(H,19,22). The number of nitrogens with one attached hydrogen (secondary N) is 1. The molecular weight excluding hydrogens is 313 g/mol. The molecule has 0 bridgehead atoms. The van der Waals surface area contributed by atoms with Crippen LogP contribution in [0.5, 0.6) is 0 Å². The number of halogens is 3. The molecule has 5 nitrogen and oxygen atoms in total. The van der Waals surface area contributed by atoms with E-state index in [0.717, 1.165) is 5.56 Å². The predicted molar refractivity (Wildman–Crippen MR) is 75.4 cm³/mol. The number of hydrogen-bond donors (Lipinski definition) is 1. The maximum atomic E-state index is 13.3. The molecule has 1 aliphatic rings. The van der Waals surface area contributed by atoms with Crippen LogP contribution >= 0.6 is 0 Å². The second-order valence-corrected chi connectivity index (χ2v) is 5.15. The van der Waals surface area contributed by atoms with Crippen LogP contribution in [0.1, 0.15) is 18.9 Å². The summed E-state index contributed by atoms with van der Waals surface area (Å²) >= 11 is 0. The van der Waals surface area contributed by atoms with Crippen LogP contribution in [-0.4, -0.2) is 41.9 Å². The Balaban J connectivity index is 2.16. The van der Waals surface area contributed by atoms with Gasteiger partial charge in [0, 0.05) is 6.54 Å². The van der Waals surface area contributed by atoms with Crippen LogP contribution in [0.4, 0.5) is 18.0 Å². The number of amides is 3. The third kappa shape index (κ3) is 3.31. The Morgan fingerprint density at radius 3 is 2.43 bits per heavy atom. The molecule has 23 heavy (non-hydrogen) atoms. The van der Waals surface area contributed by atoms with Crippen LogP contribution in [0.15, 0.2) is 30.3 Å². The Morgan fingerprint density at radius 2 is 1.87 bits per heavy atom. The number of carbonyl (C=O) groups is 2. The molecule has 1 aromatic rings. The van der Waals surface area contributed by atoms with Gasteiger partial charge in [-0.3, -0.25) is 15.0 Å². The number of nitrogens with zero attached hydrogens (tertiary/aromatic N) is 1. The lowest BCUT2D eigenvalue weighted by atomic mass is 10.1. The van der Waals surface area contributed by atoms with Crippen molar-refractivity contribution in [3.63, 3.8) is 0 Å². The molecule has 1 fully saturated rings. The van der Waals surface area contributed by atoms with Gasteiger partial charge in [-0.15, -0.1) is 0 Å². The van der Waals surface area contributed by atoms with Gasteiger partial charge in [-0.05, 0) is 18.4 Å². The fourth-order valence-corrected chi connectivity index (χ4v) is 2.27. The molecule has 1 aliphatic heterocycles. The molecule has 126 valence electrons. The van der Waals surface area contributed by atoms with Gasteiger partial charge in [0.1, 0.15) is 0 Å². The molecule has 0 saturated carbocycles. The minimum atomic E-state index is -5.03. The van der Waals surface area contributed by atoms with Gasteiger partial charge in [0.2, 0.25) is 0 Å². The van der Waals surface area contributed by atoms with Gasteiger partial charge in [0.05, 0.1) is 6.61 Å². The summed E-state index contributed by atoms with van der Waals surface area (Å²) in [5, 5.41) is 1.67. The van der Waals surface area contributed by atoms with E-state index in [1.165, 1.54) is 0 Å². The first-order valence-electron chi connectivity index (χ1n) is 7.20. The lowest BCUT2D eigenvalue weighted by Crippen LogP contribution is -2.60. The monoisotopic (exact) mass is 330 g/mol. The Morgan fingerprint density at radius 1 is 1.22 bits per heavy atom. The number of rotatable bonds is 6. The minimum Gasteiger partial charge on any atom is -0.340 e. The lowest BCUT2D eigenvalue weighted by molar-refractivity contribution is -0.271. The summed E-state index contributed by atoms with van der Waals surface area (Å²) < 4.78 is 44.7. The average molecular weight is 330 g/mol. The van der Waals surface area contributed by atoms with Gasteiger partial charge >= 0.3 is 17.9 Å². The van der Waals surface area contributed by atoms with Crippen molar-refractivity contribution in [3.8, 4) is 0 Å². The highest BCUT2D eigenvalue weighted by Crippen LogP contribution is 2.36. The van der Waals surface area contributed by atoms with Crippen molar-refractivity contribution in [3.05, 3.63) is 35.9 Å². The van der Waals surface area contributed by atoms with E-state index in [0.29, 0.717) is 4.90 Å². The normalized spacial score (nSPS) is 21.7. The third-order valence-corrected chi connectivity index (χ3v) is 3.46. The topological polar surface area (TPSA) is 58.6 Å². The van der Waals surface area contributed by atoms with Gasteiger partial charge in [0.15, 0.2) is 0 Å². The van der Waals surface area contributed by atoms with Crippen molar-refractivity contribution >= 4 is 11.9 Å². The van der Waals surface area contributed by atoms with Crippen molar-refractivity contribution in [2.24, 2.45) is 0 Å². The quantitative estimate of drug-likeness (QED) is 0.815. The van der Waals surface area contributed by atoms with E-state index in [1.807, 2.05) is 0 Å². The van der Waals surface area contributed by atoms with Crippen LogP contribution in [0.3, 0.4) is 0 Å². The summed E-state index contributed by atoms with van der Waals surface area (Å²) in [6.45, 7) is 1.17. The molecule has 2 rings (SSSR count). The van der Waals surface area contributed by atoms with E-state index < -0.39 is 23.8 Å². The Bertz CT molecular complexity index is 577. The molecule has 1 atom stereocenters. The highest BCUT2D eigenvalue weighted by Gasteiger charge is 2.69. The molecule has 1 N–H and O–H groups in total. The smallest absolute Gasteiger partial charge is 0.340 e. The van der Waals surface area contributed by atoms with Crippen LogP contribution < -0.4 is 5.32 Å². The fraction of sp³-hybridized carbons (Fsp3) is 0.467. The number of hydrogen-bond acceptors (Lipinski definition) is 3. The lowest BCUT2D eigenvalue weighted by Gasteiger charge is -2.28. The summed E-state index contributed by atoms with van der Waals surface area (Å²) in [6.07, 6.45) is -4.48. The number of urea groups is 1. The number of benzene rings is 1. The highest BCUT2D eigenvalue weighted by molar-refractivity contribution is 6.06. The number of carbonyl (C=O) groups excluding carboxylic acids is 2. The number of ether oxygens (including phenoxy) is 1. The maximum Gasteiger partial charge on any atom is 0.446 e. The number of alkyl halides is 3. The van der Waals surface area contributed by atoms with Gasteiger partial charge in [-0.2, -0.15) is 13.2 Å². The second kappa shape index (κ2) is 6.57. The van der Waals surface area contributed by atoms with E-state index in [4.69, 9.17) is 4.74 Å². The summed E-state index contributed by atoms with van der Waals surface area (Å²) in [7, 11) is 0. The van der Waals surface area contributed by atoms with E-state index in [-0.39, 0.29) is 26.0 Å². The zero-order valence-electron chi connectivity index (χ0n) is 12.5. The van der Waals surface area contributed by atoms with E-state index in [2.05, 4.69) is 0 Å². The van der Waals surface area contributed by atoms with Crippen molar-refractivity contribution < 1.29 is 27.5 Å². The van der Waals surface area contributed by atoms with Crippen LogP contribution in [-0.2, 0) is 16.0 Å². The molecular formula is C15H17F3N2O3. The minimum absolute atomic E-state index is 0.151. The SMILES string of the molecule is CCCOC1(C(F)(F)F)NC(=O)N(CCc2ccccc2)C1=O. The van der Waals surface area contributed by atoms with Gasteiger partial charge in [-0.1, -0.05) is 37.3 Å². The second-order valence-electron chi connectivity index (χ2n) is 5.15. The zero-order chi connectivity index (χ0) is 17.1. The average Bonchev–Trinajstić information content (AvgIpc) is 2.75. The first-order chi connectivity index (χ1) is 10.8. The van der Waals surface area contributed by atoms with Crippen LogP contribution in [0.25, 0.3) is 0 Å². The Hall–Kier alpha value is -2.09. The van der Waals surface area contributed by atoms with E-state index in [1.54, 1.807) is 42.6 Å². The van der Waals surface area contributed by atoms with Crippen molar-refractivity contribution in [1.82, 2.24) is 10.2 Å². The van der Waals surface area contributed by atoms with Crippen molar-refractivity contribution in [2.45, 2.75) is 31.7 Å². The first-order valence-corrected chi connectivity index (χ1v) is 7.20. The molecule has 8 heteroatoms. The molecule has 0 spiro atoms. The van der Waals surface area contributed by atoms with Gasteiger partial charge in [-0.25, -0.2) is 4.79 Å². The van der Waals surface area contributed by atoms with Crippen molar-refractivity contribution in [1.29, 1.82) is 0 Å². The summed E-state index contributed by atoms with van der Waals surface area (Å²) in [5.41, 5.74) is -2.47. The number of imide groups is 1. The summed E-state index contributed by atoms with van der Waals surface area (Å²) in [5.74, 6) is -1.42. The molecule has 1 unspecified atom stereocenters. The van der Waals surface area contributed by atoms with Crippen molar-refractivity contribution in [2.75, 3.05) is 13.2 Å². The van der Waals surface area contributed by atoms with Gasteiger partial charge in [0.25, 0.3) is 5.91 Å². The molecule has 1 aromatic carbocycles.